The maximum atomic E-state index is 12.3. The molecule has 1 rings (SSSR count). The van der Waals surface area contributed by atoms with Gasteiger partial charge in [-0.05, 0) is 19.8 Å². The molecule has 0 aromatic rings. The van der Waals surface area contributed by atoms with Crippen molar-refractivity contribution < 1.29 is 17.9 Å². The third-order valence-corrected chi connectivity index (χ3v) is 5.60. The van der Waals surface area contributed by atoms with Crippen LogP contribution in [0.25, 0.3) is 0 Å². The van der Waals surface area contributed by atoms with Crippen molar-refractivity contribution in [1.29, 1.82) is 0 Å². The molecule has 1 heterocycles. The average molecular weight is 278 g/mol. The first-order chi connectivity index (χ1) is 8.21. The molecule has 0 aromatic heterocycles. The summed E-state index contributed by atoms with van der Waals surface area (Å²) in [6.45, 7) is 6.06. The molecule has 0 N–H and O–H groups in total. The third-order valence-electron chi connectivity index (χ3n) is 3.50. The van der Waals surface area contributed by atoms with Gasteiger partial charge in [-0.3, -0.25) is 4.79 Å². The number of hydrogen-bond acceptors (Lipinski definition) is 4. The van der Waals surface area contributed by atoms with E-state index in [-0.39, 0.29) is 30.4 Å². The minimum atomic E-state index is -3.49. The van der Waals surface area contributed by atoms with Gasteiger partial charge >= 0.3 is 5.97 Å². The fourth-order valence-electron chi connectivity index (χ4n) is 2.02. The molecule has 0 amide bonds. The highest BCUT2D eigenvalue weighted by Crippen LogP contribution is 2.27. The molecule has 0 bridgehead atoms. The van der Waals surface area contributed by atoms with Gasteiger partial charge in [-0.15, -0.1) is 0 Å². The summed E-state index contributed by atoms with van der Waals surface area (Å²) in [5, 5.41) is 0. The monoisotopic (exact) mass is 278 g/mol. The van der Waals surface area contributed by atoms with Crippen LogP contribution in [0.15, 0.2) is 0 Å². The van der Waals surface area contributed by atoms with Crippen molar-refractivity contribution in [3.8, 4) is 0 Å². The van der Waals surface area contributed by atoms with Crippen molar-refractivity contribution in [1.82, 2.24) is 8.61 Å². The van der Waals surface area contributed by atoms with Crippen LogP contribution >= 0.6 is 0 Å². The molecule has 1 aliphatic heterocycles. The summed E-state index contributed by atoms with van der Waals surface area (Å²) in [4.78, 5) is 11.5. The highest BCUT2D eigenvalue weighted by molar-refractivity contribution is 7.86. The number of carbonyl (C=O) groups is 1. The summed E-state index contributed by atoms with van der Waals surface area (Å²) in [6, 6.07) is -0.109. The van der Waals surface area contributed by atoms with Crippen molar-refractivity contribution >= 4 is 16.2 Å². The predicted octanol–water partition coefficient (Wildman–Crippen LogP) is 0.312. The maximum absolute atomic E-state index is 12.3. The molecule has 0 radical (unpaired) electrons. The van der Waals surface area contributed by atoms with Gasteiger partial charge in [-0.1, -0.05) is 6.92 Å². The number of methoxy groups -OCH3 is 1. The van der Waals surface area contributed by atoms with E-state index in [1.165, 1.54) is 15.7 Å². The highest BCUT2D eigenvalue weighted by Gasteiger charge is 2.42. The van der Waals surface area contributed by atoms with Crippen LogP contribution in [0.1, 0.15) is 20.8 Å². The van der Waals surface area contributed by atoms with Gasteiger partial charge in [0.25, 0.3) is 10.2 Å². The van der Waals surface area contributed by atoms with Crippen molar-refractivity contribution in [2.24, 2.45) is 11.8 Å². The second-order valence-corrected chi connectivity index (χ2v) is 7.03. The summed E-state index contributed by atoms with van der Waals surface area (Å²) < 4.78 is 31.9. The lowest BCUT2D eigenvalue weighted by Gasteiger charge is -2.26. The minimum Gasteiger partial charge on any atom is -0.469 e. The molecule has 6 nitrogen and oxygen atoms in total. The van der Waals surface area contributed by atoms with Gasteiger partial charge in [0.2, 0.25) is 0 Å². The molecule has 0 aliphatic carbocycles. The topological polar surface area (TPSA) is 66.9 Å². The number of nitrogens with zero attached hydrogens (tertiary/aromatic N) is 2. The molecule has 7 heteroatoms. The first kappa shape index (κ1) is 15.4. The number of ether oxygens (including phenoxy) is 1. The molecular weight excluding hydrogens is 256 g/mol. The largest absolute Gasteiger partial charge is 0.469 e. The van der Waals surface area contributed by atoms with Gasteiger partial charge in [0, 0.05) is 26.2 Å². The summed E-state index contributed by atoms with van der Waals surface area (Å²) in [6.07, 6.45) is 0. The van der Waals surface area contributed by atoms with E-state index in [9.17, 15) is 13.2 Å². The predicted molar refractivity (Wildman–Crippen MR) is 68.1 cm³/mol. The summed E-state index contributed by atoms with van der Waals surface area (Å²) in [7, 11) is -0.609. The lowest BCUT2D eigenvalue weighted by atomic mass is 9.99. The van der Waals surface area contributed by atoms with Crippen molar-refractivity contribution in [2.75, 3.05) is 27.2 Å². The van der Waals surface area contributed by atoms with Crippen LogP contribution < -0.4 is 0 Å². The Balaban J connectivity index is 2.86. The Bertz CT molecular complexity index is 407. The smallest absolute Gasteiger partial charge is 0.310 e. The van der Waals surface area contributed by atoms with Gasteiger partial charge in [0.15, 0.2) is 0 Å². The van der Waals surface area contributed by atoms with E-state index < -0.39 is 10.2 Å². The van der Waals surface area contributed by atoms with Crippen LogP contribution in [0, 0.1) is 11.8 Å². The van der Waals surface area contributed by atoms with Crippen LogP contribution in [0.2, 0.25) is 0 Å². The lowest BCUT2D eigenvalue weighted by molar-refractivity contribution is -0.145. The SMILES string of the molecule is COC(=O)C1CN(S(=O)(=O)N(C)C(C)C)CC1C. The molecule has 18 heavy (non-hydrogen) atoms. The Morgan fingerprint density at radius 2 is 1.94 bits per heavy atom. The lowest BCUT2D eigenvalue weighted by Crippen LogP contribution is -2.44. The molecule has 0 aromatic carbocycles. The summed E-state index contributed by atoms with van der Waals surface area (Å²) >= 11 is 0. The number of hydrogen-bond donors (Lipinski definition) is 0. The Morgan fingerprint density at radius 1 is 1.39 bits per heavy atom. The Labute approximate surface area is 109 Å². The molecule has 2 unspecified atom stereocenters. The third kappa shape index (κ3) is 2.84. The second-order valence-electron chi connectivity index (χ2n) is 5.04. The minimum absolute atomic E-state index is 0.0206. The quantitative estimate of drug-likeness (QED) is 0.694. The fraction of sp³-hybridized carbons (Fsp3) is 0.909. The normalized spacial score (nSPS) is 25.9. The van der Waals surface area contributed by atoms with Gasteiger partial charge in [-0.2, -0.15) is 17.0 Å². The van der Waals surface area contributed by atoms with Gasteiger partial charge < -0.3 is 4.74 Å². The first-order valence-corrected chi connectivity index (χ1v) is 7.42. The molecule has 0 saturated carbocycles. The van der Waals surface area contributed by atoms with Crippen LogP contribution in [-0.2, 0) is 19.7 Å². The molecule has 1 fully saturated rings. The Hall–Kier alpha value is -0.660. The molecule has 1 aliphatic rings. The van der Waals surface area contributed by atoms with Crippen molar-refractivity contribution in [3.05, 3.63) is 0 Å². The standard InChI is InChI=1S/C11H22N2O4S/c1-8(2)12(4)18(15,16)13-6-9(3)10(7-13)11(14)17-5/h8-10H,6-7H2,1-5H3. The van der Waals surface area contributed by atoms with Crippen molar-refractivity contribution in [2.45, 2.75) is 26.8 Å². The zero-order valence-electron chi connectivity index (χ0n) is 11.6. The van der Waals surface area contributed by atoms with E-state index in [0.717, 1.165) is 0 Å². The summed E-state index contributed by atoms with van der Waals surface area (Å²) in [5.41, 5.74) is 0. The first-order valence-electron chi connectivity index (χ1n) is 6.02. The van der Waals surface area contributed by atoms with Crippen molar-refractivity contribution in [3.63, 3.8) is 0 Å². The van der Waals surface area contributed by atoms with Gasteiger partial charge in [-0.25, -0.2) is 0 Å². The number of carbonyl (C=O) groups excluding carboxylic acids is 1. The van der Waals surface area contributed by atoms with E-state index in [0.29, 0.717) is 6.54 Å². The van der Waals surface area contributed by atoms with E-state index in [1.54, 1.807) is 7.05 Å². The van der Waals surface area contributed by atoms with Crippen LogP contribution in [-0.4, -0.2) is 56.3 Å². The number of esters is 1. The molecular formula is C11H22N2O4S. The van der Waals surface area contributed by atoms with E-state index in [4.69, 9.17) is 4.74 Å². The summed E-state index contributed by atoms with van der Waals surface area (Å²) in [5.74, 6) is -0.731. The fourth-order valence-corrected chi connectivity index (χ4v) is 3.69. The average Bonchev–Trinajstić information content (AvgIpc) is 2.69. The molecule has 2 atom stereocenters. The zero-order chi connectivity index (χ0) is 14.1. The van der Waals surface area contributed by atoms with E-state index >= 15 is 0 Å². The van der Waals surface area contributed by atoms with Crippen LogP contribution in [0.5, 0.6) is 0 Å². The maximum Gasteiger partial charge on any atom is 0.310 e. The molecule has 1 saturated heterocycles. The van der Waals surface area contributed by atoms with Crippen LogP contribution in [0.4, 0.5) is 0 Å². The molecule has 106 valence electrons. The zero-order valence-corrected chi connectivity index (χ0v) is 12.4. The van der Waals surface area contributed by atoms with Gasteiger partial charge in [0.05, 0.1) is 13.0 Å². The Kier molecular flexibility index (Phi) is 4.74. The number of rotatable bonds is 4. The Morgan fingerprint density at radius 3 is 2.39 bits per heavy atom. The highest BCUT2D eigenvalue weighted by atomic mass is 32.2. The van der Waals surface area contributed by atoms with Gasteiger partial charge in [0.1, 0.15) is 0 Å². The second kappa shape index (κ2) is 5.54. The van der Waals surface area contributed by atoms with E-state index in [1.807, 2.05) is 20.8 Å². The molecule has 0 spiro atoms. The van der Waals surface area contributed by atoms with Crippen LogP contribution in [0.3, 0.4) is 0 Å². The van der Waals surface area contributed by atoms with E-state index in [2.05, 4.69) is 0 Å².